The molecule has 0 atom stereocenters. The lowest BCUT2D eigenvalue weighted by Gasteiger charge is -2.35. The van der Waals surface area contributed by atoms with Crippen LogP contribution in [0.15, 0.2) is 34.0 Å². The Labute approximate surface area is 157 Å². The first kappa shape index (κ1) is 18.9. The summed E-state index contributed by atoms with van der Waals surface area (Å²) in [7, 11) is -1.64. The average molecular weight is 398 g/mol. The van der Waals surface area contributed by atoms with E-state index in [2.05, 4.69) is 39.4 Å². The summed E-state index contributed by atoms with van der Waals surface area (Å²) in [5.41, 5.74) is 0.427. The molecular weight excluding hydrogens is 374 g/mol. The summed E-state index contributed by atoms with van der Waals surface area (Å²) < 4.78 is 31.2. The Morgan fingerprint density at radius 2 is 2.08 bits per heavy atom. The molecular formula is C16H23N5O3S2. The second-order valence-electron chi connectivity index (χ2n) is 6.05. The summed E-state index contributed by atoms with van der Waals surface area (Å²) in [6.45, 7) is 4.86. The standard InChI is InChI=1S/C16H23N5O3S2/c1-13-3-4-15(25-13)11-18-16(17-2)20-6-8-21(9-7-20)26(22,23)12-14-5-10-24-19-14/h3-5,10H,6-9,11-12H2,1-2H3,(H,17,18). The number of aryl methyl sites for hydroxylation is 1. The minimum Gasteiger partial charge on any atom is -0.364 e. The molecule has 0 radical (unpaired) electrons. The molecule has 142 valence electrons. The predicted molar refractivity (Wildman–Crippen MR) is 102 cm³/mol. The van der Waals surface area contributed by atoms with E-state index in [1.165, 1.54) is 20.3 Å². The maximum atomic E-state index is 12.5. The summed E-state index contributed by atoms with van der Waals surface area (Å²) in [4.78, 5) is 8.94. The maximum Gasteiger partial charge on any atom is 0.220 e. The van der Waals surface area contributed by atoms with Crippen molar-refractivity contribution in [2.45, 2.75) is 19.2 Å². The lowest BCUT2D eigenvalue weighted by molar-refractivity contribution is 0.260. The van der Waals surface area contributed by atoms with Gasteiger partial charge in [0.1, 0.15) is 12.0 Å². The fourth-order valence-electron chi connectivity index (χ4n) is 2.85. The molecule has 0 unspecified atom stereocenters. The highest BCUT2D eigenvalue weighted by Gasteiger charge is 2.28. The lowest BCUT2D eigenvalue weighted by Crippen LogP contribution is -2.53. The van der Waals surface area contributed by atoms with Crippen LogP contribution in [0.3, 0.4) is 0 Å². The molecule has 1 N–H and O–H groups in total. The van der Waals surface area contributed by atoms with Crippen LogP contribution in [0.5, 0.6) is 0 Å². The van der Waals surface area contributed by atoms with Crippen molar-refractivity contribution < 1.29 is 12.9 Å². The summed E-state index contributed by atoms with van der Waals surface area (Å²) in [6.07, 6.45) is 1.38. The fourth-order valence-corrected chi connectivity index (χ4v) is 5.10. The molecule has 0 amide bonds. The van der Waals surface area contributed by atoms with E-state index < -0.39 is 10.0 Å². The Bertz CT molecular complexity index is 837. The van der Waals surface area contributed by atoms with Gasteiger partial charge in [-0.2, -0.15) is 4.31 Å². The van der Waals surface area contributed by atoms with Gasteiger partial charge in [-0.15, -0.1) is 11.3 Å². The zero-order valence-electron chi connectivity index (χ0n) is 14.9. The average Bonchev–Trinajstić information content (AvgIpc) is 3.27. The molecule has 0 spiro atoms. The van der Waals surface area contributed by atoms with Crippen molar-refractivity contribution in [2.75, 3.05) is 33.2 Å². The van der Waals surface area contributed by atoms with Crippen molar-refractivity contribution in [3.05, 3.63) is 39.9 Å². The number of hydrogen-bond acceptors (Lipinski definition) is 6. The van der Waals surface area contributed by atoms with Gasteiger partial charge in [-0.3, -0.25) is 4.99 Å². The van der Waals surface area contributed by atoms with Crippen LogP contribution in [0.1, 0.15) is 15.4 Å². The normalized spacial score (nSPS) is 16.8. The second kappa shape index (κ2) is 8.19. The van der Waals surface area contributed by atoms with Crippen LogP contribution in [0.2, 0.25) is 0 Å². The molecule has 1 fully saturated rings. The molecule has 3 heterocycles. The maximum absolute atomic E-state index is 12.5. The number of sulfonamides is 1. The summed E-state index contributed by atoms with van der Waals surface area (Å²) in [5, 5.41) is 7.04. The van der Waals surface area contributed by atoms with Crippen LogP contribution >= 0.6 is 11.3 Å². The first-order valence-corrected chi connectivity index (χ1v) is 10.8. The van der Waals surface area contributed by atoms with E-state index in [0.29, 0.717) is 31.9 Å². The first-order chi connectivity index (χ1) is 12.5. The van der Waals surface area contributed by atoms with Gasteiger partial charge in [0, 0.05) is 49.0 Å². The molecule has 26 heavy (non-hydrogen) atoms. The van der Waals surface area contributed by atoms with Crippen LogP contribution in [0.4, 0.5) is 0 Å². The van der Waals surface area contributed by atoms with Gasteiger partial charge < -0.3 is 14.7 Å². The Morgan fingerprint density at radius 1 is 1.31 bits per heavy atom. The quantitative estimate of drug-likeness (QED) is 0.603. The number of rotatable bonds is 5. The van der Waals surface area contributed by atoms with Gasteiger partial charge in [-0.1, -0.05) is 5.16 Å². The Balaban J connectivity index is 1.53. The van der Waals surface area contributed by atoms with Crippen LogP contribution in [-0.4, -0.2) is 62.0 Å². The Hall–Kier alpha value is -1.91. The molecule has 3 rings (SSSR count). The van der Waals surface area contributed by atoms with Gasteiger partial charge in [0.05, 0.1) is 12.2 Å². The first-order valence-electron chi connectivity index (χ1n) is 8.36. The topological polar surface area (TPSA) is 91.0 Å². The molecule has 8 nitrogen and oxygen atoms in total. The van der Waals surface area contributed by atoms with Gasteiger partial charge >= 0.3 is 0 Å². The molecule has 1 saturated heterocycles. The van der Waals surface area contributed by atoms with Crippen LogP contribution in [0.25, 0.3) is 0 Å². The number of thiophene rings is 1. The molecule has 1 aliphatic heterocycles. The third kappa shape index (κ3) is 4.63. The van der Waals surface area contributed by atoms with Gasteiger partial charge in [0.25, 0.3) is 0 Å². The smallest absolute Gasteiger partial charge is 0.220 e. The lowest BCUT2D eigenvalue weighted by atomic mass is 10.4. The predicted octanol–water partition coefficient (Wildman–Crippen LogP) is 1.27. The van der Waals surface area contributed by atoms with Gasteiger partial charge in [0.2, 0.25) is 10.0 Å². The van der Waals surface area contributed by atoms with Gasteiger partial charge in [-0.25, -0.2) is 8.42 Å². The number of aromatic nitrogens is 1. The molecule has 1 aliphatic rings. The zero-order chi connectivity index (χ0) is 18.6. The second-order valence-corrected chi connectivity index (χ2v) is 9.39. The van der Waals surface area contributed by atoms with Crippen molar-refractivity contribution in [2.24, 2.45) is 4.99 Å². The highest BCUT2D eigenvalue weighted by Crippen LogP contribution is 2.15. The van der Waals surface area contributed by atoms with Crippen molar-refractivity contribution in [3.63, 3.8) is 0 Å². The summed E-state index contributed by atoms with van der Waals surface area (Å²) in [5.74, 6) is 0.665. The summed E-state index contributed by atoms with van der Waals surface area (Å²) in [6, 6.07) is 5.78. The molecule has 10 heteroatoms. The van der Waals surface area contributed by atoms with Crippen LogP contribution in [0, 0.1) is 6.92 Å². The van der Waals surface area contributed by atoms with E-state index >= 15 is 0 Å². The Morgan fingerprint density at radius 3 is 2.65 bits per heavy atom. The van der Waals surface area contributed by atoms with E-state index in [1.807, 2.05) is 0 Å². The van der Waals surface area contributed by atoms with Crippen LogP contribution in [-0.2, 0) is 22.3 Å². The van der Waals surface area contributed by atoms with Crippen molar-refractivity contribution in [1.29, 1.82) is 0 Å². The third-order valence-corrected chi connectivity index (χ3v) is 6.99. The molecule has 0 saturated carbocycles. The van der Waals surface area contributed by atoms with Gasteiger partial charge in [-0.05, 0) is 19.1 Å². The van der Waals surface area contributed by atoms with Crippen molar-refractivity contribution in [3.8, 4) is 0 Å². The third-order valence-electron chi connectivity index (χ3n) is 4.18. The van der Waals surface area contributed by atoms with E-state index in [0.717, 1.165) is 12.5 Å². The van der Waals surface area contributed by atoms with Crippen molar-refractivity contribution in [1.82, 2.24) is 19.7 Å². The number of nitrogens with zero attached hydrogens (tertiary/aromatic N) is 4. The minimum absolute atomic E-state index is 0.131. The zero-order valence-corrected chi connectivity index (χ0v) is 16.5. The molecule has 2 aromatic rings. The van der Waals surface area contributed by atoms with E-state index in [-0.39, 0.29) is 5.75 Å². The number of hydrogen-bond donors (Lipinski definition) is 1. The monoisotopic (exact) mass is 397 g/mol. The SMILES string of the molecule is CN=C(NCc1ccc(C)s1)N1CCN(S(=O)(=O)Cc2ccon2)CC1. The molecule has 0 bridgehead atoms. The van der Waals surface area contributed by atoms with E-state index in [1.54, 1.807) is 24.5 Å². The fraction of sp³-hybridized carbons (Fsp3) is 0.500. The molecule has 0 aromatic carbocycles. The minimum atomic E-state index is -3.39. The molecule has 0 aliphatic carbocycles. The number of nitrogens with one attached hydrogen (secondary N) is 1. The van der Waals surface area contributed by atoms with Crippen LogP contribution < -0.4 is 5.32 Å². The highest BCUT2D eigenvalue weighted by atomic mass is 32.2. The summed E-state index contributed by atoms with van der Waals surface area (Å²) >= 11 is 1.76. The van der Waals surface area contributed by atoms with Crippen molar-refractivity contribution >= 4 is 27.3 Å². The largest absolute Gasteiger partial charge is 0.364 e. The van der Waals surface area contributed by atoms with E-state index in [4.69, 9.17) is 4.52 Å². The number of aliphatic imine (C=N–C) groups is 1. The number of guanidine groups is 1. The van der Waals surface area contributed by atoms with E-state index in [9.17, 15) is 8.42 Å². The Kier molecular flexibility index (Phi) is 5.94. The number of piperazine rings is 1. The highest BCUT2D eigenvalue weighted by molar-refractivity contribution is 7.88. The molecule has 2 aromatic heterocycles. The van der Waals surface area contributed by atoms with Gasteiger partial charge in [0.15, 0.2) is 5.96 Å².